The average Bonchev–Trinajstić information content (AvgIpc) is 2.56. The second-order valence-electron chi connectivity index (χ2n) is 7.02. The number of carbonyl (C=O) groups excluding carboxylic acids is 2. The van der Waals surface area contributed by atoms with E-state index in [-0.39, 0.29) is 41.4 Å². The van der Waals surface area contributed by atoms with Crippen LogP contribution in [0.5, 0.6) is 0 Å². The Morgan fingerprint density at radius 1 is 1.35 bits per heavy atom. The normalized spacial score (nSPS) is 20.0. The third-order valence-corrected chi connectivity index (χ3v) is 5.82. The van der Waals surface area contributed by atoms with Crippen LogP contribution in [-0.4, -0.2) is 29.7 Å². The number of hydrogen-bond acceptors (Lipinski definition) is 3. The van der Waals surface area contributed by atoms with E-state index in [1.54, 1.807) is 12.1 Å². The molecule has 0 aromatic heterocycles. The Kier molecular flexibility index (Phi) is 8.41. The summed E-state index contributed by atoms with van der Waals surface area (Å²) in [5.41, 5.74) is 0.592. The molecule has 0 bridgehead atoms. The van der Waals surface area contributed by atoms with E-state index in [9.17, 15) is 14.0 Å². The molecule has 0 radical (unpaired) electrons. The van der Waals surface area contributed by atoms with Crippen LogP contribution in [0.15, 0.2) is 22.7 Å². The van der Waals surface area contributed by atoms with Gasteiger partial charge in [0.05, 0.1) is 5.75 Å². The predicted molar refractivity (Wildman–Crippen MR) is 107 cm³/mol. The highest BCUT2D eigenvalue weighted by atomic mass is 79.9. The highest BCUT2D eigenvalue weighted by molar-refractivity contribution is 9.10. The summed E-state index contributed by atoms with van der Waals surface area (Å²) in [5.74, 6) is 0.479. The van der Waals surface area contributed by atoms with Gasteiger partial charge in [-0.15, -0.1) is 11.8 Å². The molecule has 4 nitrogen and oxygen atoms in total. The molecular formula is C19H26BrFN2O2S. The minimum absolute atomic E-state index is 0.0269. The Labute approximate surface area is 167 Å². The molecule has 2 rings (SSSR count). The zero-order chi connectivity index (χ0) is 19.1. The SMILES string of the molecule is CC(C)NC(=O)C1CCCC(NC(=O)CSCc2ccc(Br)cc2F)C1. The van der Waals surface area contributed by atoms with Crippen LogP contribution >= 0.6 is 27.7 Å². The second-order valence-corrected chi connectivity index (χ2v) is 8.92. The zero-order valence-corrected chi connectivity index (χ0v) is 17.6. The third kappa shape index (κ3) is 6.91. The van der Waals surface area contributed by atoms with Crippen molar-refractivity contribution in [1.29, 1.82) is 0 Å². The Bertz CT molecular complexity index is 642. The number of carbonyl (C=O) groups is 2. The lowest BCUT2D eigenvalue weighted by Gasteiger charge is -2.29. The molecule has 144 valence electrons. The summed E-state index contributed by atoms with van der Waals surface area (Å²) in [6, 6.07) is 5.13. The number of rotatable bonds is 7. The first-order valence-electron chi connectivity index (χ1n) is 8.96. The molecule has 1 saturated carbocycles. The van der Waals surface area contributed by atoms with Crippen LogP contribution in [0.2, 0.25) is 0 Å². The van der Waals surface area contributed by atoms with Gasteiger partial charge in [-0.3, -0.25) is 9.59 Å². The molecule has 0 heterocycles. The number of amides is 2. The summed E-state index contributed by atoms with van der Waals surface area (Å²) >= 11 is 4.62. The molecule has 7 heteroatoms. The first-order valence-corrected chi connectivity index (χ1v) is 10.9. The molecule has 26 heavy (non-hydrogen) atoms. The number of benzene rings is 1. The molecule has 1 aliphatic rings. The van der Waals surface area contributed by atoms with Crippen molar-refractivity contribution >= 4 is 39.5 Å². The topological polar surface area (TPSA) is 58.2 Å². The van der Waals surface area contributed by atoms with E-state index in [1.807, 2.05) is 13.8 Å². The van der Waals surface area contributed by atoms with Crippen molar-refractivity contribution in [1.82, 2.24) is 10.6 Å². The van der Waals surface area contributed by atoms with Crippen molar-refractivity contribution in [2.75, 3.05) is 5.75 Å². The van der Waals surface area contributed by atoms with E-state index in [2.05, 4.69) is 26.6 Å². The minimum atomic E-state index is -0.265. The first-order chi connectivity index (χ1) is 12.3. The Morgan fingerprint density at radius 2 is 2.12 bits per heavy atom. The fourth-order valence-electron chi connectivity index (χ4n) is 3.12. The van der Waals surface area contributed by atoms with E-state index in [4.69, 9.17) is 0 Å². The van der Waals surface area contributed by atoms with Crippen LogP contribution in [0.3, 0.4) is 0 Å². The van der Waals surface area contributed by atoms with Crippen LogP contribution < -0.4 is 10.6 Å². The van der Waals surface area contributed by atoms with Crippen molar-refractivity contribution in [3.8, 4) is 0 Å². The molecule has 1 fully saturated rings. The van der Waals surface area contributed by atoms with Gasteiger partial charge in [0.15, 0.2) is 0 Å². The largest absolute Gasteiger partial charge is 0.354 e. The van der Waals surface area contributed by atoms with Crippen molar-refractivity contribution in [2.45, 2.75) is 57.4 Å². The fraction of sp³-hybridized carbons (Fsp3) is 0.579. The highest BCUT2D eigenvalue weighted by Gasteiger charge is 2.28. The third-order valence-electron chi connectivity index (χ3n) is 4.35. The van der Waals surface area contributed by atoms with Crippen LogP contribution in [0, 0.1) is 11.7 Å². The monoisotopic (exact) mass is 444 g/mol. The number of halogens is 2. The van der Waals surface area contributed by atoms with Gasteiger partial charge in [-0.25, -0.2) is 4.39 Å². The highest BCUT2D eigenvalue weighted by Crippen LogP contribution is 2.25. The molecule has 0 aliphatic heterocycles. The summed E-state index contributed by atoms with van der Waals surface area (Å²) in [6.07, 6.45) is 3.42. The molecule has 0 spiro atoms. The maximum Gasteiger partial charge on any atom is 0.230 e. The van der Waals surface area contributed by atoms with Crippen molar-refractivity contribution in [3.63, 3.8) is 0 Å². The second kappa shape index (κ2) is 10.3. The minimum Gasteiger partial charge on any atom is -0.354 e. The molecule has 1 aliphatic carbocycles. The predicted octanol–water partition coefficient (Wildman–Crippen LogP) is 4.02. The summed E-state index contributed by atoms with van der Waals surface area (Å²) in [5, 5.41) is 5.98. The summed E-state index contributed by atoms with van der Waals surface area (Å²) in [4.78, 5) is 24.3. The lowest BCUT2D eigenvalue weighted by Crippen LogP contribution is -2.44. The molecule has 2 amide bonds. The molecule has 2 N–H and O–H groups in total. The molecular weight excluding hydrogens is 419 g/mol. The van der Waals surface area contributed by atoms with E-state index in [0.29, 0.717) is 22.2 Å². The van der Waals surface area contributed by atoms with Gasteiger partial charge in [0, 0.05) is 28.2 Å². The fourth-order valence-corrected chi connectivity index (χ4v) is 4.28. The molecule has 1 aromatic rings. The van der Waals surface area contributed by atoms with E-state index >= 15 is 0 Å². The average molecular weight is 445 g/mol. The van der Waals surface area contributed by atoms with Gasteiger partial charge in [0.2, 0.25) is 11.8 Å². The standard InChI is InChI=1S/C19H26BrFN2O2S/c1-12(2)22-19(25)13-4-3-5-16(8-13)23-18(24)11-26-10-14-6-7-15(20)9-17(14)21/h6-7,9,12-13,16H,3-5,8,10-11H2,1-2H3,(H,22,25)(H,23,24). The van der Waals surface area contributed by atoms with Gasteiger partial charge in [-0.2, -0.15) is 0 Å². The summed E-state index contributed by atoms with van der Waals surface area (Å²) < 4.78 is 14.5. The maximum atomic E-state index is 13.8. The summed E-state index contributed by atoms with van der Waals surface area (Å²) in [6.45, 7) is 3.90. The smallest absolute Gasteiger partial charge is 0.230 e. The van der Waals surface area contributed by atoms with Crippen molar-refractivity contribution in [3.05, 3.63) is 34.1 Å². The Hall–Kier alpha value is -1.08. The molecule has 1 aromatic carbocycles. The Morgan fingerprint density at radius 3 is 2.81 bits per heavy atom. The van der Waals surface area contributed by atoms with Gasteiger partial charge in [-0.05, 0) is 50.8 Å². The van der Waals surface area contributed by atoms with Crippen LogP contribution in [-0.2, 0) is 15.3 Å². The molecule has 2 unspecified atom stereocenters. The van der Waals surface area contributed by atoms with Gasteiger partial charge in [0.25, 0.3) is 0 Å². The lowest BCUT2D eigenvalue weighted by molar-refractivity contribution is -0.127. The van der Waals surface area contributed by atoms with E-state index in [1.165, 1.54) is 17.8 Å². The quantitative estimate of drug-likeness (QED) is 0.667. The number of hydrogen-bond donors (Lipinski definition) is 2. The van der Waals surface area contributed by atoms with Crippen molar-refractivity contribution < 1.29 is 14.0 Å². The van der Waals surface area contributed by atoms with Gasteiger partial charge < -0.3 is 10.6 Å². The van der Waals surface area contributed by atoms with Gasteiger partial charge in [0.1, 0.15) is 5.82 Å². The number of nitrogens with one attached hydrogen (secondary N) is 2. The number of thioether (sulfide) groups is 1. The Balaban J connectivity index is 1.74. The van der Waals surface area contributed by atoms with Crippen LogP contribution in [0.4, 0.5) is 4.39 Å². The van der Waals surface area contributed by atoms with E-state index in [0.717, 1.165) is 19.3 Å². The van der Waals surface area contributed by atoms with Gasteiger partial charge in [-0.1, -0.05) is 28.4 Å². The molecule has 0 saturated heterocycles. The first kappa shape index (κ1) is 21.2. The molecule has 2 atom stereocenters. The zero-order valence-electron chi connectivity index (χ0n) is 15.2. The lowest BCUT2D eigenvalue weighted by atomic mass is 9.85. The van der Waals surface area contributed by atoms with Crippen LogP contribution in [0.1, 0.15) is 45.1 Å². The van der Waals surface area contributed by atoms with Gasteiger partial charge >= 0.3 is 0 Å². The summed E-state index contributed by atoms with van der Waals surface area (Å²) in [7, 11) is 0. The van der Waals surface area contributed by atoms with E-state index < -0.39 is 0 Å². The maximum absolute atomic E-state index is 13.8. The van der Waals surface area contributed by atoms with Crippen molar-refractivity contribution in [2.24, 2.45) is 5.92 Å². The van der Waals surface area contributed by atoms with Crippen LogP contribution in [0.25, 0.3) is 0 Å².